The zero-order valence-electron chi connectivity index (χ0n) is 9.67. The summed E-state index contributed by atoms with van der Waals surface area (Å²) < 4.78 is 32.7. The quantitative estimate of drug-likeness (QED) is 0.380. The normalized spacial score (nSPS) is 25.9. The van der Waals surface area contributed by atoms with Crippen molar-refractivity contribution in [1.29, 1.82) is 0 Å². The van der Waals surface area contributed by atoms with Crippen molar-refractivity contribution in [2.24, 2.45) is 0 Å². The van der Waals surface area contributed by atoms with Gasteiger partial charge in [0.1, 0.15) is 6.61 Å². The molecule has 106 valence electrons. The molecule has 1 saturated heterocycles. The van der Waals surface area contributed by atoms with Crippen LogP contribution in [0.5, 0.6) is 0 Å². The molecule has 0 aromatic rings. The molecule has 0 unspecified atom stereocenters. The SMILES string of the molecule is O=S1(=O)C[C@@H](Cl)[C@@H](NC(=S)OCCOCCO)C1. The minimum Gasteiger partial charge on any atom is -0.469 e. The molecule has 0 aromatic carbocycles. The first kappa shape index (κ1) is 15.9. The van der Waals surface area contributed by atoms with Gasteiger partial charge in [0.2, 0.25) is 0 Å². The summed E-state index contributed by atoms with van der Waals surface area (Å²) in [5, 5.41) is 10.8. The van der Waals surface area contributed by atoms with E-state index in [1.807, 2.05) is 0 Å². The van der Waals surface area contributed by atoms with Gasteiger partial charge in [-0.05, 0) is 12.2 Å². The molecule has 0 aliphatic carbocycles. The van der Waals surface area contributed by atoms with Crippen molar-refractivity contribution in [3.05, 3.63) is 0 Å². The molecule has 6 nitrogen and oxygen atoms in total. The van der Waals surface area contributed by atoms with Crippen molar-refractivity contribution in [2.45, 2.75) is 11.4 Å². The number of hydrogen-bond donors (Lipinski definition) is 2. The molecule has 0 spiro atoms. The van der Waals surface area contributed by atoms with Gasteiger partial charge in [0.05, 0.1) is 42.7 Å². The fraction of sp³-hybridized carbons (Fsp3) is 0.889. The van der Waals surface area contributed by atoms with Crippen LogP contribution in [-0.4, -0.2) is 68.1 Å². The zero-order chi connectivity index (χ0) is 13.6. The monoisotopic (exact) mass is 317 g/mol. The summed E-state index contributed by atoms with van der Waals surface area (Å²) in [5.41, 5.74) is 0. The molecule has 9 heteroatoms. The lowest BCUT2D eigenvalue weighted by Gasteiger charge is -2.16. The molecule has 0 aromatic heterocycles. The molecule has 18 heavy (non-hydrogen) atoms. The summed E-state index contributed by atoms with van der Waals surface area (Å²) in [7, 11) is -3.08. The minimum atomic E-state index is -3.08. The lowest BCUT2D eigenvalue weighted by molar-refractivity contribution is 0.0675. The van der Waals surface area contributed by atoms with E-state index in [1.54, 1.807) is 0 Å². The van der Waals surface area contributed by atoms with Gasteiger partial charge < -0.3 is 19.9 Å². The fourth-order valence-electron chi connectivity index (χ4n) is 1.49. The Labute approximate surface area is 117 Å². The highest BCUT2D eigenvalue weighted by atomic mass is 35.5. The van der Waals surface area contributed by atoms with E-state index in [0.717, 1.165) is 0 Å². The summed E-state index contributed by atoms with van der Waals surface area (Å²) in [6, 6.07) is -0.414. The second-order valence-corrected chi connectivity index (χ2v) is 6.90. The first-order chi connectivity index (χ1) is 8.44. The molecule has 1 aliphatic heterocycles. The van der Waals surface area contributed by atoms with Crippen LogP contribution in [0, 0.1) is 0 Å². The minimum absolute atomic E-state index is 0.0360. The first-order valence-corrected chi connectivity index (χ1v) is 8.07. The highest BCUT2D eigenvalue weighted by Crippen LogP contribution is 2.17. The highest BCUT2D eigenvalue weighted by Gasteiger charge is 2.36. The van der Waals surface area contributed by atoms with Crippen molar-refractivity contribution >= 4 is 38.8 Å². The Morgan fingerprint density at radius 3 is 2.67 bits per heavy atom. The average molecular weight is 318 g/mol. The summed E-state index contributed by atoms with van der Waals surface area (Å²) in [4.78, 5) is 0. The molecule has 1 aliphatic rings. The molecular weight excluding hydrogens is 302 g/mol. The van der Waals surface area contributed by atoms with E-state index >= 15 is 0 Å². The molecule has 2 atom stereocenters. The Hall–Kier alpha value is -0.150. The molecule has 1 fully saturated rings. The van der Waals surface area contributed by atoms with Crippen LogP contribution in [0.4, 0.5) is 0 Å². The summed E-state index contributed by atoms with van der Waals surface area (Å²) >= 11 is 10.8. The van der Waals surface area contributed by atoms with Crippen LogP contribution < -0.4 is 5.32 Å². The van der Waals surface area contributed by atoms with Gasteiger partial charge in [0.25, 0.3) is 5.17 Å². The van der Waals surface area contributed by atoms with Crippen LogP contribution in [0.3, 0.4) is 0 Å². The number of ether oxygens (including phenoxy) is 2. The number of aliphatic hydroxyl groups is 1. The van der Waals surface area contributed by atoms with E-state index < -0.39 is 21.3 Å². The van der Waals surface area contributed by atoms with E-state index in [4.69, 9.17) is 38.4 Å². The fourth-order valence-corrected chi connectivity index (χ4v) is 4.27. The number of alkyl halides is 1. The predicted octanol–water partition coefficient (Wildman–Crippen LogP) is -0.709. The zero-order valence-corrected chi connectivity index (χ0v) is 12.1. The molecule has 0 amide bonds. The Morgan fingerprint density at radius 1 is 1.39 bits per heavy atom. The largest absolute Gasteiger partial charge is 0.469 e. The average Bonchev–Trinajstić information content (AvgIpc) is 2.51. The Bertz CT molecular complexity index is 375. The van der Waals surface area contributed by atoms with E-state index in [-0.39, 0.29) is 36.5 Å². The van der Waals surface area contributed by atoms with Gasteiger partial charge in [-0.25, -0.2) is 8.42 Å². The van der Waals surface area contributed by atoms with Crippen LogP contribution in [0.2, 0.25) is 0 Å². The first-order valence-electron chi connectivity index (χ1n) is 5.41. The van der Waals surface area contributed by atoms with Crippen molar-refractivity contribution in [1.82, 2.24) is 5.32 Å². The van der Waals surface area contributed by atoms with Gasteiger partial charge in [-0.3, -0.25) is 0 Å². The number of hydrogen-bond acceptors (Lipinski definition) is 6. The molecule has 1 rings (SSSR count). The van der Waals surface area contributed by atoms with Crippen LogP contribution in [-0.2, 0) is 19.3 Å². The second-order valence-electron chi connectivity index (χ2n) is 3.82. The van der Waals surface area contributed by atoms with E-state index in [2.05, 4.69) is 5.32 Å². The third kappa shape index (κ3) is 5.66. The van der Waals surface area contributed by atoms with Crippen LogP contribution >= 0.6 is 23.8 Å². The van der Waals surface area contributed by atoms with Gasteiger partial charge in [0.15, 0.2) is 9.84 Å². The Morgan fingerprint density at radius 2 is 2.11 bits per heavy atom. The van der Waals surface area contributed by atoms with Gasteiger partial charge in [-0.1, -0.05) is 0 Å². The Kier molecular flexibility index (Phi) is 6.58. The number of rotatable bonds is 6. The lowest BCUT2D eigenvalue weighted by Crippen LogP contribution is -2.41. The number of halogens is 1. The third-order valence-electron chi connectivity index (χ3n) is 2.28. The van der Waals surface area contributed by atoms with Crippen molar-refractivity contribution < 1.29 is 23.0 Å². The van der Waals surface area contributed by atoms with Gasteiger partial charge >= 0.3 is 0 Å². The topological polar surface area (TPSA) is 84.9 Å². The van der Waals surface area contributed by atoms with Crippen LogP contribution in [0.25, 0.3) is 0 Å². The number of sulfone groups is 1. The Balaban J connectivity index is 2.20. The second kappa shape index (κ2) is 7.44. The predicted molar refractivity (Wildman–Crippen MR) is 71.7 cm³/mol. The maximum absolute atomic E-state index is 11.3. The van der Waals surface area contributed by atoms with Gasteiger partial charge in [-0.2, -0.15) is 0 Å². The molecule has 1 heterocycles. The third-order valence-corrected chi connectivity index (χ3v) is 4.89. The summed E-state index contributed by atoms with van der Waals surface area (Å²) in [5.74, 6) is -0.0832. The molecule has 2 N–H and O–H groups in total. The highest BCUT2D eigenvalue weighted by molar-refractivity contribution is 7.91. The molecule has 0 radical (unpaired) electrons. The van der Waals surface area contributed by atoms with E-state index in [9.17, 15) is 8.42 Å². The smallest absolute Gasteiger partial charge is 0.257 e. The van der Waals surface area contributed by atoms with Crippen LogP contribution in [0.1, 0.15) is 0 Å². The summed E-state index contributed by atoms with van der Waals surface area (Å²) in [6.07, 6.45) is 0. The number of aliphatic hydroxyl groups excluding tert-OH is 1. The summed E-state index contributed by atoms with van der Waals surface area (Å²) in [6.45, 7) is 0.735. The number of thiocarbonyl (C=S) groups is 1. The van der Waals surface area contributed by atoms with E-state index in [1.165, 1.54) is 0 Å². The van der Waals surface area contributed by atoms with Crippen LogP contribution in [0.15, 0.2) is 0 Å². The number of nitrogens with one attached hydrogen (secondary N) is 1. The maximum Gasteiger partial charge on any atom is 0.257 e. The van der Waals surface area contributed by atoms with Gasteiger partial charge in [-0.15, -0.1) is 11.6 Å². The van der Waals surface area contributed by atoms with Crippen molar-refractivity contribution in [3.63, 3.8) is 0 Å². The lowest BCUT2D eigenvalue weighted by atomic mass is 10.3. The van der Waals surface area contributed by atoms with Crippen molar-refractivity contribution in [2.75, 3.05) is 37.9 Å². The molecular formula is C9H16ClNO5S2. The van der Waals surface area contributed by atoms with E-state index in [0.29, 0.717) is 6.61 Å². The molecule has 0 saturated carbocycles. The van der Waals surface area contributed by atoms with Crippen molar-refractivity contribution in [3.8, 4) is 0 Å². The van der Waals surface area contributed by atoms with Gasteiger partial charge in [0, 0.05) is 0 Å². The molecule has 0 bridgehead atoms. The maximum atomic E-state index is 11.3. The standard InChI is InChI=1S/C9H16ClNO5S2/c10-7-5-18(13,14)6-8(7)11-9(17)16-4-3-15-2-1-12/h7-8,12H,1-6H2,(H,11,17)/t7-,8+/m1/s1.